The molecule has 2 amide bonds. The van der Waals surface area contributed by atoms with Crippen molar-refractivity contribution in [3.8, 4) is 0 Å². The van der Waals surface area contributed by atoms with E-state index in [1.54, 1.807) is 4.68 Å². The molecule has 1 aromatic heterocycles. The molecule has 0 radical (unpaired) electrons. The van der Waals surface area contributed by atoms with E-state index in [4.69, 9.17) is 0 Å². The van der Waals surface area contributed by atoms with Crippen LogP contribution >= 0.6 is 12.4 Å². The Morgan fingerprint density at radius 3 is 2.57 bits per heavy atom. The molecule has 2 saturated heterocycles. The molecule has 2 aliphatic heterocycles. The average molecular weight is 432 g/mol. The highest BCUT2D eigenvalue weighted by molar-refractivity contribution is 5.85. The van der Waals surface area contributed by atoms with E-state index < -0.39 is 0 Å². The predicted molar refractivity (Wildman–Crippen MR) is 117 cm³/mol. The van der Waals surface area contributed by atoms with E-state index in [2.05, 4.69) is 15.7 Å². The van der Waals surface area contributed by atoms with Gasteiger partial charge in [-0.15, -0.1) is 12.4 Å². The second-order valence-electron chi connectivity index (χ2n) is 8.12. The number of amides is 2. The zero-order chi connectivity index (χ0) is 20.2. The number of hydrogen-bond donors (Lipinski definition) is 2. The van der Waals surface area contributed by atoms with Crippen molar-refractivity contribution >= 4 is 24.2 Å². The van der Waals surface area contributed by atoms with Crippen molar-refractivity contribution in [1.82, 2.24) is 25.3 Å². The number of carbonyl (C=O) groups excluding carboxylic acids is 2. The van der Waals surface area contributed by atoms with Gasteiger partial charge >= 0.3 is 0 Å². The third-order valence-electron chi connectivity index (χ3n) is 6.17. The SMILES string of the molecule is Cl.Cn1cc([C@H]2CNC[C@@H]2C(=O)N2CCC(C(=O)NCc3ccccc3)CC2)cn1. The van der Waals surface area contributed by atoms with Crippen molar-refractivity contribution in [2.75, 3.05) is 26.2 Å². The van der Waals surface area contributed by atoms with Crippen LogP contribution in [-0.4, -0.2) is 52.7 Å². The zero-order valence-electron chi connectivity index (χ0n) is 17.3. The Morgan fingerprint density at radius 2 is 1.90 bits per heavy atom. The number of benzene rings is 1. The summed E-state index contributed by atoms with van der Waals surface area (Å²) in [7, 11) is 1.90. The van der Waals surface area contributed by atoms with Gasteiger partial charge in [0.2, 0.25) is 11.8 Å². The van der Waals surface area contributed by atoms with Crippen LogP contribution in [-0.2, 0) is 23.2 Å². The molecule has 2 aromatic rings. The highest BCUT2D eigenvalue weighted by Crippen LogP contribution is 2.30. The molecule has 4 rings (SSSR count). The minimum absolute atomic E-state index is 0. The lowest BCUT2D eigenvalue weighted by Crippen LogP contribution is -2.46. The van der Waals surface area contributed by atoms with Crippen LogP contribution < -0.4 is 10.6 Å². The highest BCUT2D eigenvalue weighted by Gasteiger charge is 2.38. The lowest BCUT2D eigenvalue weighted by molar-refractivity contribution is -0.139. The van der Waals surface area contributed by atoms with Crippen LogP contribution in [0, 0.1) is 11.8 Å². The maximum Gasteiger partial charge on any atom is 0.227 e. The first-order valence-electron chi connectivity index (χ1n) is 10.4. The average Bonchev–Trinajstić information content (AvgIpc) is 3.41. The first-order chi connectivity index (χ1) is 14.1. The Kier molecular flexibility index (Phi) is 7.50. The number of rotatable bonds is 5. The van der Waals surface area contributed by atoms with Crippen molar-refractivity contribution in [1.29, 1.82) is 0 Å². The van der Waals surface area contributed by atoms with E-state index in [0.29, 0.717) is 26.2 Å². The molecule has 2 aliphatic rings. The summed E-state index contributed by atoms with van der Waals surface area (Å²) in [5.74, 6) is 0.396. The predicted octanol–water partition coefficient (Wildman–Crippen LogP) is 1.70. The molecule has 0 saturated carbocycles. The number of halogens is 1. The Balaban J connectivity index is 0.00000256. The quantitative estimate of drug-likeness (QED) is 0.755. The number of hydrogen-bond acceptors (Lipinski definition) is 4. The Hall–Kier alpha value is -2.38. The summed E-state index contributed by atoms with van der Waals surface area (Å²) in [5.41, 5.74) is 2.22. The molecule has 7 nitrogen and oxygen atoms in total. The third kappa shape index (κ3) is 5.02. The Labute approximate surface area is 183 Å². The fourth-order valence-corrected chi connectivity index (χ4v) is 4.45. The fourth-order valence-electron chi connectivity index (χ4n) is 4.45. The molecule has 0 unspecified atom stereocenters. The van der Waals surface area contributed by atoms with Crippen molar-refractivity contribution in [3.05, 3.63) is 53.9 Å². The molecular formula is C22H30ClN5O2. The number of nitrogens with one attached hydrogen (secondary N) is 2. The third-order valence-corrected chi connectivity index (χ3v) is 6.17. The van der Waals surface area contributed by atoms with E-state index in [0.717, 1.165) is 30.5 Å². The Bertz CT molecular complexity index is 848. The summed E-state index contributed by atoms with van der Waals surface area (Å²) in [6.45, 7) is 3.37. The van der Waals surface area contributed by atoms with E-state index in [1.807, 2.05) is 54.7 Å². The molecule has 30 heavy (non-hydrogen) atoms. The van der Waals surface area contributed by atoms with Crippen LogP contribution in [0.5, 0.6) is 0 Å². The first-order valence-corrected chi connectivity index (χ1v) is 10.4. The molecule has 2 N–H and O–H groups in total. The molecule has 2 atom stereocenters. The van der Waals surface area contributed by atoms with Gasteiger partial charge in [0, 0.05) is 57.8 Å². The maximum absolute atomic E-state index is 13.1. The molecule has 2 fully saturated rings. The smallest absolute Gasteiger partial charge is 0.227 e. The number of aryl methyl sites for hydroxylation is 1. The van der Waals surface area contributed by atoms with Gasteiger partial charge in [-0.3, -0.25) is 14.3 Å². The second kappa shape index (κ2) is 10.1. The van der Waals surface area contributed by atoms with Crippen LogP contribution in [0.2, 0.25) is 0 Å². The number of piperidine rings is 1. The van der Waals surface area contributed by atoms with Crippen molar-refractivity contribution < 1.29 is 9.59 Å². The monoisotopic (exact) mass is 431 g/mol. The van der Waals surface area contributed by atoms with Gasteiger partial charge in [0.1, 0.15) is 0 Å². The van der Waals surface area contributed by atoms with E-state index >= 15 is 0 Å². The summed E-state index contributed by atoms with van der Waals surface area (Å²) in [4.78, 5) is 27.6. The van der Waals surface area contributed by atoms with Crippen LogP contribution in [0.15, 0.2) is 42.7 Å². The normalized spacial score (nSPS) is 21.8. The van der Waals surface area contributed by atoms with Crippen LogP contribution in [0.1, 0.15) is 29.9 Å². The van der Waals surface area contributed by atoms with Crippen LogP contribution in [0.3, 0.4) is 0 Å². The fraction of sp³-hybridized carbons (Fsp3) is 0.500. The second-order valence-corrected chi connectivity index (χ2v) is 8.12. The highest BCUT2D eigenvalue weighted by atomic mass is 35.5. The summed E-state index contributed by atoms with van der Waals surface area (Å²) >= 11 is 0. The van der Waals surface area contributed by atoms with Crippen molar-refractivity contribution in [2.45, 2.75) is 25.3 Å². The molecule has 162 valence electrons. The molecule has 8 heteroatoms. The molecular weight excluding hydrogens is 402 g/mol. The summed E-state index contributed by atoms with van der Waals surface area (Å²) in [5, 5.41) is 10.7. The molecule has 0 spiro atoms. The minimum atomic E-state index is -0.0531. The molecule has 1 aromatic carbocycles. The summed E-state index contributed by atoms with van der Waals surface area (Å²) in [6, 6.07) is 9.94. The van der Waals surface area contributed by atoms with Gasteiger partial charge in [0.15, 0.2) is 0 Å². The first kappa shape index (κ1) is 22.3. The zero-order valence-corrected chi connectivity index (χ0v) is 18.1. The van der Waals surface area contributed by atoms with Crippen molar-refractivity contribution in [2.24, 2.45) is 18.9 Å². The lowest BCUT2D eigenvalue weighted by atomic mass is 9.88. The van der Waals surface area contributed by atoms with Gasteiger partial charge in [0.25, 0.3) is 0 Å². The van der Waals surface area contributed by atoms with Gasteiger partial charge in [0.05, 0.1) is 12.1 Å². The molecule has 0 aliphatic carbocycles. The minimum Gasteiger partial charge on any atom is -0.352 e. The van der Waals surface area contributed by atoms with E-state index in [1.165, 1.54) is 0 Å². The number of nitrogens with zero attached hydrogens (tertiary/aromatic N) is 3. The van der Waals surface area contributed by atoms with E-state index in [-0.39, 0.29) is 42.0 Å². The van der Waals surface area contributed by atoms with Gasteiger partial charge in [-0.25, -0.2) is 0 Å². The Morgan fingerprint density at radius 1 is 1.17 bits per heavy atom. The topological polar surface area (TPSA) is 79.3 Å². The number of likely N-dealkylation sites (tertiary alicyclic amines) is 1. The van der Waals surface area contributed by atoms with E-state index in [9.17, 15) is 9.59 Å². The summed E-state index contributed by atoms with van der Waals surface area (Å²) in [6.07, 6.45) is 5.32. The van der Waals surface area contributed by atoms with Gasteiger partial charge < -0.3 is 15.5 Å². The van der Waals surface area contributed by atoms with Gasteiger partial charge in [-0.2, -0.15) is 5.10 Å². The largest absolute Gasteiger partial charge is 0.352 e. The number of aromatic nitrogens is 2. The standard InChI is InChI=1S/C22H29N5O2.ClH/c1-26-15-18(12-25-26)19-13-23-14-20(19)22(29)27-9-7-17(8-10-27)21(28)24-11-16-5-3-2-4-6-16;/h2-6,12,15,17,19-20,23H,7-11,13-14H2,1H3,(H,24,28);1H/t19-,20+;/m1./s1. The maximum atomic E-state index is 13.1. The van der Waals surface area contributed by atoms with Gasteiger partial charge in [-0.1, -0.05) is 30.3 Å². The van der Waals surface area contributed by atoms with Crippen LogP contribution in [0.4, 0.5) is 0 Å². The van der Waals surface area contributed by atoms with Gasteiger partial charge in [-0.05, 0) is 24.0 Å². The summed E-state index contributed by atoms with van der Waals surface area (Å²) < 4.78 is 1.79. The lowest BCUT2D eigenvalue weighted by Gasteiger charge is -2.34. The van der Waals surface area contributed by atoms with Crippen LogP contribution in [0.25, 0.3) is 0 Å². The van der Waals surface area contributed by atoms with Crippen molar-refractivity contribution in [3.63, 3.8) is 0 Å². The molecule has 3 heterocycles. The molecule has 0 bridgehead atoms. The number of carbonyl (C=O) groups is 2.